The van der Waals surface area contributed by atoms with Gasteiger partial charge in [0.25, 0.3) is 0 Å². The monoisotopic (exact) mass is 463 g/mol. The summed E-state index contributed by atoms with van der Waals surface area (Å²) in [5.74, 6) is 0.720. The van der Waals surface area contributed by atoms with Crippen LogP contribution in [0.4, 0.5) is 15.0 Å². The van der Waals surface area contributed by atoms with E-state index in [1.165, 1.54) is 23.9 Å². The topological polar surface area (TPSA) is 111 Å². The van der Waals surface area contributed by atoms with E-state index in [1.54, 1.807) is 30.5 Å². The van der Waals surface area contributed by atoms with Gasteiger partial charge in [-0.2, -0.15) is 0 Å². The van der Waals surface area contributed by atoms with Crippen molar-refractivity contribution < 1.29 is 28.5 Å². The summed E-state index contributed by atoms with van der Waals surface area (Å²) in [5.41, 5.74) is 2.29. The first-order chi connectivity index (χ1) is 16.6. The van der Waals surface area contributed by atoms with Crippen molar-refractivity contribution in [1.82, 2.24) is 19.6 Å². The van der Waals surface area contributed by atoms with Crippen molar-refractivity contribution >= 4 is 17.6 Å². The van der Waals surface area contributed by atoms with Gasteiger partial charge in [-0.3, -0.25) is 14.3 Å². The van der Waals surface area contributed by atoms with E-state index in [4.69, 9.17) is 14.2 Å². The summed E-state index contributed by atoms with van der Waals surface area (Å²) < 4.78 is 33.9. The Bertz CT molecular complexity index is 1460. The molecule has 0 bridgehead atoms. The molecule has 0 unspecified atom stereocenters. The summed E-state index contributed by atoms with van der Waals surface area (Å²) in [6.45, 7) is 0.237. The number of carboxylic acid groups (broad SMARTS) is 1. The molecule has 4 aromatic rings. The minimum atomic E-state index is -1.28. The van der Waals surface area contributed by atoms with Crippen molar-refractivity contribution in [2.45, 2.75) is 12.5 Å². The van der Waals surface area contributed by atoms with Crippen LogP contribution >= 0.6 is 0 Å². The van der Waals surface area contributed by atoms with Crippen LogP contribution in [0.15, 0.2) is 42.9 Å². The van der Waals surface area contributed by atoms with Crippen LogP contribution in [0.2, 0.25) is 0 Å². The van der Waals surface area contributed by atoms with Crippen molar-refractivity contribution in [3.8, 4) is 28.5 Å². The molecule has 3 aromatic heterocycles. The molecule has 34 heavy (non-hydrogen) atoms. The lowest BCUT2D eigenvalue weighted by Crippen LogP contribution is -2.31. The van der Waals surface area contributed by atoms with E-state index in [-0.39, 0.29) is 36.2 Å². The molecule has 1 amide bonds. The molecule has 1 aromatic carbocycles. The molecule has 172 valence electrons. The molecule has 1 atom stereocenters. The fraction of sp³-hybridized carbons (Fsp3) is 0.217. The number of fused-ring (bicyclic) bond motifs is 3. The second kappa shape index (κ2) is 7.58. The lowest BCUT2D eigenvalue weighted by atomic mass is 9.95. The Balaban J connectivity index is 1.61. The predicted octanol–water partition coefficient (Wildman–Crippen LogP) is 3.49. The molecular weight excluding hydrogens is 445 g/mol. The Hall–Kier alpha value is -4.41. The highest BCUT2D eigenvalue weighted by Gasteiger charge is 2.35. The van der Waals surface area contributed by atoms with Crippen molar-refractivity contribution in [2.24, 2.45) is 0 Å². The Labute approximate surface area is 192 Å². The van der Waals surface area contributed by atoms with Crippen molar-refractivity contribution in [3.63, 3.8) is 0 Å². The Kier molecular flexibility index (Phi) is 4.51. The second-order valence-corrected chi connectivity index (χ2v) is 7.95. The highest BCUT2D eigenvalue weighted by molar-refractivity contribution is 5.91. The summed E-state index contributed by atoms with van der Waals surface area (Å²) in [6.07, 6.45) is 1.73. The van der Waals surface area contributed by atoms with E-state index in [2.05, 4.69) is 15.2 Å². The number of hydrogen-bond acceptors (Lipinski definition) is 7. The smallest absolute Gasteiger partial charge is 0.413 e. The third-order valence-corrected chi connectivity index (χ3v) is 6.11. The molecule has 10 nitrogen and oxygen atoms in total. The summed E-state index contributed by atoms with van der Waals surface area (Å²) in [6, 6.07) is 8.03. The highest BCUT2D eigenvalue weighted by Crippen LogP contribution is 2.44. The first kappa shape index (κ1) is 20.2. The quantitative estimate of drug-likeness (QED) is 0.481. The van der Waals surface area contributed by atoms with E-state index >= 15 is 0 Å². The number of pyridine rings is 2. The maximum absolute atomic E-state index is 15.0. The molecule has 11 heteroatoms. The average molecular weight is 463 g/mol. The number of halogens is 1. The number of anilines is 1. The zero-order valence-electron chi connectivity index (χ0n) is 17.9. The van der Waals surface area contributed by atoms with Gasteiger partial charge in [-0.1, -0.05) is 0 Å². The van der Waals surface area contributed by atoms with Gasteiger partial charge in [0.15, 0.2) is 17.2 Å². The summed E-state index contributed by atoms with van der Waals surface area (Å²) >= 11 is 0. The molecule has 0 spiro atoms. The zero-order valence-corrected chi connectivity index (χ0v) is 17.9. The number of rotatable bonds is 2. The van der Waals surface area contributed by atoms with Gasteiger partial charge in [0.05, 0.1) is 38.3 Å². The number of benzene rings is 1. The summed E-state index contributed by atoms with van der Waals surface area (Å²) in [7, 11) is 1.53. The first-order valence-electron chi connectivity index (χ1n) is 10.5. The van der Waals surface area contributed by atoms with Crippen LogP contribution in [0.5, 0.6) is 17.2 Å². The number of ether oxygens (including phenoxy) is 3. The van der Waals surface area contributed by atoms with Gasteiger partial charge in [0.2, 0.25) is 0 Å². The molecule has 2 aliphatic rings. The molecule has 0 aliphatic carbocycles. The Morgan fingerprint density at radius 2 is 2.06 bits per heavy atom. The predicted molar refractivity (Wildman–Crippen MR) is 117 cm³/mol. The molecule has 2 aliphatic heterocycles. The molecule has 5 heterocycles. The van der Waals surface area contributed by atoms with E-state index < -0.39 is 11.9 Å². The van der Waals surface area contributed by atoms with Crippen molar-refractivity contribution in [2.75, 3.05) is 25.2 Å². The number of amides is 1. The Morgan fingerprint density at radius 1 is 1.24 bits per heavy atom. The fourth-order valence-electron chi connectivity index (χ4n) is 4.59. The van der Waals surface area contributed by atoms with Gasteiger partial charge in [-0.15, -0.1) is 10.2 Å². The van der Waals surface area contributed by atoms with Crippen molar-refractivity contribution in [3.05, 3.63) is 59.8 Å². The zero-order chi connectivity index (χ0) is 23.4. The van der Waals surface area contributed by atoms with Crippen LogP contribution in [0.1, 0.15) is 17.0 Å². The lowest BCUT2D eigenvalue weighted by Gasteiger charge is -2.24. The van der Waals surface area contributed by atoms with E-state index in [0.717, 1.165) is 4.90 Å². The largest absolute Gasteiger partial charge is 0.494 e. The average Bonchev–Trinajstić information content (AvgIpc) is 3.49. The van der Waals surface area contributed by atoms with E-state index in [0.29, 0.717) is 40.6 Å². The number of aromatic nitrogens is 4. The van der Waals surface area contributed by atoms with Crippen LogP contribution in [-0.4, -0.2) is 51.1 Å². The molecule has 0 saturated carbocycles. The molecule has 6 rings (SSSR count). The van der Waals surface area contributed by atoms with Gasteiger partial charge < -0.3 is 19.3 Å². The van der Waals surface area contributed by atoms with Crippen LogP contribution in [0.3, 0.4) is 0 Å². The molecule has 1 N–H and O–H groups in total. The van der Waals surface area contributed by atoms with Crippen molar-refractivity contribution in [1.29, 1.82) is 0 Å². The second-order valence-electron chi connectivity index (χ2n) is 7.95. The fourth-order valence-corrected chi connectivity index (χ4v) is 4.59. The molecule has 0 radical (unpaired) electrons. The third kappa shape index (κ3) is 2.93. The SMILES string of the molecule is COc1cccnc1-c1cc2c(n3cnnc13)N(C(=O)O)Cc1c(F)ccc3c1[C@@H](CO3)CO2. The van der Waals surface area contributed by atoms with Gasteiger partial charge in [0, 0.05) is 17.3 Å². The minimum absolute atomic E-state index is 0.163. The Morgan fingerprint density at radius 3 is 2.85 bits per heavy atom. The third-order valence-electron chi connectivity index (χ3n) is 6.11. The maximum Gasteiger partial charge on any atom is 0.413 e. The lowest BCUT2D eigenvalue weighted by molar-refractivity contribution is 0.200. The first-order valence-corrected chi connectivity index (χ1v) is 10.5. The van der Waals surface area contributed by atoms with E-state index in [1.807, 2.05) is 0 Å². The number of methoxy groups -OCH3 is 1. The minimum Gasteiger partial charge on any atom is -0.494 e. The van der Waals surface area contributed by atoms with Crippen LogP contribution < -0.4 is 19.1 Å². The maximum atomic E-state index is 15.0. The van der Waals surface area contributed by atoms with Gasteiger partial charge in [-0.25, -0.2) is 9.18 Å². The standard InChI is InChI=1S/C23H18FN5O5/c1-32-17-3-2-6-25-20(17)13-7-18-22(29-11-26-27-21(13)29)28(23(30)31)8-14-15(24)4-5-16-19(14)12(9-33-16)10-34-18/h2-7,11-12H,8-10H2,1H3,(H,30,31)/t12-/m0/s1. The van der Waals surface area contributed by atoms with Gasteiger partial charge >= 0.3 is 6.09 Å². The number of hydrogen-bond donors (Lipinski definition) is 1. The molecule has 0 saturated heterocycles. The summed E-state index contributed by atoms with van der Waals surface area (Å²) in [5, 5.41) is 18.4. The number of carbonyl (C=O) groups is 1. The van der Waals surface area contributed by atoms with Crippen LogP contribution in [-0.2, 0) is 6.54 Å². The number of nitrogens with zero attached hydrogens (tertiary/aromatic N) is 5. The van der Waals surface area contributed by atoms with E-state index in [9.17, 15) is 14.3 Å². The summed E-state index contributed by atoms with van der Waals surface area (Å²) in [4.78, 5) is 17.9. The van der Waals surface area contributed by atoms with Crippen LogP contribution in [0.25, 0.3) is 16.9 Å². The molecular formula is C23H18FN5O5. The van der Waals surface area contributed by atoms with Gasteiger partial charge in [-0.05, 0) is 30.3 Å². The normalized spacial score (nSPS) is 16.5. The molecule has 0 fully saturated rings. The van der Waals surface area contributed by atoms with Crippen LogP contribution in [0, 0.1) is 5.82 Å². The highest BCUT2D eigenvalue weighted by atomic mass is 19.1. The van der Waals surface area contributed by atoms with Gasteiger partial charge in [0.1, 0.15) is 29.3 Å².